The lowest BCUT2D eigenvalue weighted by atomic mass is 10.3. The molecular formula is C12H11N5O. The third-order valence-corrected chi connectivity index (χ3v) is 2.61. The van der Waals surface area contributed by atoms with Crippen LogP contribution in [0.5, 0.6) is 5.75 Å². The van der Waals surface area contributed by atoms with Gasteiger partial charge in [-0.05, 0) is 12.1 Å². The third-order valence-electron chi connectivity index (χ3n) is 2.61. The van der Waals surface area contributed by atoms with Crippen molar-refractivity contribution in [3.8, 4) is 5.75 Å². The molecule has 3 rings (SSSR count). The van der Waals surface area contributed by atoms with Crippen LogP contribution in [0.2, 0.25) is 0 Å². The third kappa shape index (κ3) is 1.73. The van der Waals surface area contributed by atoms with Gasteiger partial charge in [-0.3, -0.25) is 5.10 Å². The highest BCUT2D eigenvalue weighted by Crippen LogP contribution is 2.28. The van der Waals surface area contributed by atoms with Gasteiger partial charge < -0.3 is 10.1 Å². The van der Waals surface area contributed by atoms with Crippen molar-refractivity contribution in [1.29, 1.82) is 0 Å². The molecule has 0 spiro atoms. The van der Waals surface area contributed by atoms with E-state index in [1.807, 2.05) is 24.3 Å². The number of nitrogens with zero attached hydrogens (tertiary/aromatic N) is 3. The van der Waals surface area contributed by atoms with Gasteiger partial charge in [0.2, 0.25) is 0 Å². The van der Waals surface area contributed by atoms with Gasteiger partial charge >= 0.3 is 0 Å². The van der Waals surface area contributed by atoms with Gasteiger partial charge in [-0.1, -0.05) is 12.1 Å². The predicted octanol–water partition coefficient (Wildman–Crippen LogP) is 2.11. The van der Waals surface area contributed by atoms with Crippen LogP contribution in [0.1, 0.15) is 0 Å². The van der Waals surface area contributed by atoms with Crippen molar-refractivity contribution < 1.29 is 4.74 Å². The number of hydrogen-bond acceptors (Lipinski definition) is 5. The molecular weight excluding hydrogens is 230 g/mol. The van der Waals surface area contributed by atoms with Gasteiger partial charge in [0.15, 0.2) is 5.65 Å². The second-order valence-electron chi connectivity index (χ2n) is 3.68. The first kappa shape index (κ1) is 10.5. The van der Waals surface area contributed by atoms with E-state index in [0.717, 1.165) is 16.8 Å². The lowest BCUT2D eigenvalue weighted by Gasteiger charge is -2.10. The van der Waals surface area contributed by atoms with E-state index in [2.05, 4.69) is 25.5 Å². The number of fused-ring (bicyclic) bond motifs is 1. The molecule has 3 aromatic rings. The Balaban J connectivity index is 2.04. The molecule has 90 valence electrons. The molecule has 0 radical (unpaired) electrons. The summed E-state index contributed by atoms with van der Waals surface area (Å²) < 4.78 is 5.28. The summed E-state index contributed by atoms with van der Waals surface area (Å²) in [5, 5.41) is 10.8. The van der Waals surface area contributed by atoms with E-state index in [1.165, 1.54) is 6.33 Å². The molecule has 0 fully saturated rings. The first-order valence-electron chi connectivity index (χ1n) is 5.42. The van der Waals surface area contributed by atoms with Crippen molar-refractivity contribution in [2.24, 2.45) is 0 Å². The maximum Gasteiger partial charge on any atom is 0.160 e. The number of methoxy groups -OCH3 is 1. The zero-order valence-corrected chi connectivity index (χ0v) is 9.71. The zero-order chi connectivity index (χ0) is 12.4. The molecule has 6 nitrogen and oxygen atoms in total. The van der Waals surface area contributed by atoms with Crippen LogP contribution in [-0.2, 0) is 0 Å². The molecule has 0 aliphatic heterocycles. The maximum atomic E-state index is 5.28. The summed E-state index contributed by atoms with van der Waals surface area (Å²) in [6, 6.07) is 7.65. The standard InChI is InChI=1S/C12H11N5O/c1-18-10-5-3-2-4-9(10)16-11-8-6-15-17-12(8)14-7-13-11/h2-7H,1H3,(H2,13,14,15,16,17). The molecule has 18 heavy (non-hydrogen) atoms. The summed E-state index contributed by atoms with van der Waals surface area (Å²) in [7, 11) is 1.63. The van der Waals surface area contributed by atoms with Crippen LogP contribution < -0.4 is 10.1 Å². The Morgan fingerprint density at radius 2 is 2.11 bits per heavy atom. The number of aromatic amines is 1. The van der Waals surface area contributed by atoms with Crippen LogP contribution in [0.3, 0.4) is 0 Å². The second-order valence-corrected chi connectivity index (χ2v) is 3.68. The SMILES string of the molecule is COc1ccccc1Nc1ncnc2[nH]ncc12. The Kier molecular flexibility index (Phi) is 2.53. The van der Waals surface area contributed by atoms with Gasteiger partial charge in [0.25, 0.3) is 0 Å². The van der Waals surface area contributed by atoms with E-state index < -0.39 is 0 Å². The van der Waals surface area contributed by atoms with Crippen LogP contribution >= 0.6 is 0 Å². The number of nitrogens with one attached hydrogen (secondary N) is 2. The van der Waals surface area contributed by atoms with E-state index in [1.54, 1.807) is 13.3 Å². The molecule has 6 heteroatoms. The highest BCUT2D eigenvalue weighted by molar-refractivity contribution is 5.88. The smallest absolute Gasteiger partial charge is 0.160 e. The molecule has 0 saturated heterocycles. The number of ether oxygens (including phenoxy) is 1. The van der Waals surface area contributed by atoms with Crippen LogP contribution in [0.4, 0.5) is 11.5 Å². The van der Waals surface area contributed by atoms with Gasteiger partial charge in [0, 0.05) is 0 Å². The summed E-state index contributed by atoms with van der Waals surface area (Å²) in [5.41, 5.74) is 1.54. The number of para-hydroxylation sites is 2. The average molecular weight is 241 g/mol. The number of H-pyrrole nitrogens is 1. The van der Waals surface area contributed by atoms with Gasteiger partial charge in [0.05, 0.1) is 24.4 Å². The number of anilines is 2. The van der Waals surface area contributed by atoms with E-state index in [9.17, 15) is 0 Å². The fourth-order valence-corrected chi connectivity index (χ4v) is 1.74. The Labute approximate surface area is 103 Å². The van der Waals surface area contributed by atoms with E-state index in [4.69, 9.17) is 4.74 Å². The van der Waals surface area contributed by atoms with E-state index in [-0.39, 0.29) is 0 Å². The quantitative estimate of drug-likeness (QED) is 0.734. The normalized spacial score (nSPS) is 10.5. The van der Waals surface area contributed by atoms with Crippen molar-refractivity contribution in [2.45, 2.75) is 0 Å². The Morgan fingerprint density at radius 1 is 1.22 bits per heavy atom. The topological polar surface area (TPSA) is 75.7 Å². The van der Waals surface area contributed by atoms with Crippen LogP contribution in [0.15, 0.2) is 36.8 Å². The number of benzene rings is 1. The Hall–Kier alpha value is -2.63. The number of hydrogen-bond donors (Lipinski definition) is 2. The molecule has 2 heterocycles. The van der Waals surface area contributed by atoms with Crippen LogP contribution in [-0.4, -0.2) is 27.3 Å². The minimum atomic E-state index is 0.693. The monoisotopic (exact) mass is 241 g/mol. The summed E-state index contributed by atoms with van der Waals surface area (Å²) in [4.78, 5) is 8.30. The molecule has 0 aliphatic carbocycles. The van der Waals surface area contributed by atoms with E-state index in [0.29, 0.717) is 11.5 Å². The highest BCUT2D eigenvalue weighted by Gasteiger charge is 2.07. The average Bonchev–Trinajstić information content (AvgIpc) is 2.89. The van der Waals surface area contributed by atoms with Crippen molar-refractivity contribution in [3.63, 3.8) is 0 Å². The largest absolute Gasteiger partial charge is 0.495 e. The summed E-state index contributed by atoms with van der Waals surface area (Å²) in [5.74, 6) is 1.45. The van der Waals surface area contributed by atoms with Gasteiger partial charge in [0.1, 0.15) is 17.9 Å². The maximum absolute atomic E-state index is 5.28. The summed E-state index contributed by atoms with van der Waals surface area (Å²) in [6.07, 6.45) is 3.17. The highest BCUT2D eigenvalue weighted by atomic mass is 16.5. The summed E-state index contributed by atoms with van der Waals surface area (Å²) in [6.45, 7) is 0. The fourth-order valence-electron chi connectivity index (χ4n) is 1.74. The molecule has 0 amide bonds. The predicted molar refractivity (Wildman–Crippen MR) is 68.0 cm³/mol. The van der Waals surface area contributed by atoms with Crippen LogP contribution in [0, 0.1) is 0 Å². The molecule has 0 bridgehead atoms. The molecule has 1 aromatic carbocycles. The number of aromatic nitrogens is 4. The summed E-state index contributed by atoms with van der Waals surface area (Å²) >= 11 is 0. The van der Waals surface area contributed by atoms with Crippen molar-refractivity contribution in [3.05, 3.63) is 36.8 Å². The molecule has 0 atom stereocenters. The molecule has 2 aromatic heterocycles. The van der Waals surface area contributed by atoms with Gasteiger partial charge in [-0.25, -0.2) is 9.97 Å². The molecule has 0 aliphatic rings. The molecule has 0 unspecified atom stereocenters. The number of rotatable bonds is 3. The Morgan fingerprint density at radius 3 is 3.00 bits per heavy atom. The minimum Gasteiger partial charge on any atom is -0.495 e. The van der Waals surface area contributed by atoms with Gasteiger partial charge in [-0.15, -0.1) is 0 Å². The lowest BCUT2D eigenvalue weighted by molar-refractivity contribution is 0.417. The first-order chi connectivity index (χ1) is 8.88. The van der Waals surface area contributed by atoms with Crippen molar-refractivity contribution in [2.75, 3.05) is 12.4 Å². The molecule has 2 N–H and O–H groups in total. The molecule has 0 saturated carbocycles. The lowest BCUT2D eigenvalue weighted by Crippen LogP contribution is -1.97. The fraction of sp³-hybridized carbons (Fsp3) is 0.0833. The second kappa shape index (κ2) is 4.33. The Bertz CT molecular complexity index is 679. The van der Waals surface area contributed by atoms with E-state index >= 15 is 0 Å². The van der Waals surface area contributed by atoms with Gasteiger partial charge in [-0.2, -0.15) is 5.10 Å². The van der Waals surface area contributed by atoms with Crippen LogP contribution in [0.25, 0.3) is 11.0 Å². The van der Waals surface area contributed by atoms with Crippen molar-refractivity contribution in [1.82, 2.24) is 20.2 Å². The minimum absolute atomic E-state index is 0.693. The first-order valence-corrected chi connectivity index (χ1v) is 5.42. The zero-order valence-electron chi connectivity index (χ0n) is 9.71. The van der Waals surface area contributed by atoms with Crippen molar-refractivity contribution >= 4 is 22.5 Å².